The number of hydrogen-bond acceptors (Lipinski definition) is 12. The molecule has 3 rings (SSSR count). The zero-order valence-corrected chi connectivity index (χ0v) is 21.6. The molecular weight excluding hydrogens is 506 g/mol. The van der Waals surface area contributed by atoms with Crippen LogP contribution in [-0.4, -0.2) is 65.7 Å². The third-order valence-electron chi connectivity index (χ3n) is 5.33. The summed E-state index contributed by atoms with van der Waals surface area (Å²) in [6.45, 7) is 3.24. The van der Waals surface area contributed by atoms with Gasteiger partial charge in [-0.2, -0.15) is 10.2 Å². The van der Waals surface area contributed by atoms with Gasteiger partial charge in [0.2, 0.25) is 0 Å². The number of methoxy groups -OCH3 is 1. The highest BCUT2D eigenvalue weighted by Crippen LogP contribution is 2.37. The lowest BCUT2D eigenvalue weighted by Crippen LogP contribution is -2.56. The van der Waals surface area contributed by atoms with Crippen LogP contribution in [0.2, 0.25) is 0 Å². The molecule has 1 aromatic carbocycles. The minimum Gasteiger partial charge on any atom is -0.497 e. The molecule has 0 bridgehead atoms. The number of nitriles is 1. The molecule has 1 aliphatic heterocycles. The largest absolute Gasteiger partial charge is 0.497 e. The van der Waals surface area contributed by atoms with Gasteiger partial charge < -0.3 is 23.7 Å². The molecule has 0 radical (unpaired) electrons. The third-order valence-corrected chi connectivity index (χ3v) is 5.98. The van der Waals surface area contributed by atoms with Gasteiger partial charge in [-0.1, -0.05) is 11.8 Å². The minimum absolute atomic E-state index is 0.143. The van der Waals surface area contributed by atoms with E-state index in [1.807, 2.05) is 6.07 Å². The van der Waals surface area contributed by atoms with Gasteiger partial charge in [0.05, 0.1) is 19.4 Å². The maximum absolute atomic E-state index is 12.8. The van der Waals surface area contributed by atoms with E-state index in [-0.39, 0.29) is 23.0 Å². The smallest absolute Gasteiger partial charge is 0.303 e. The summed E-state index contributed by atoms with van der Waals surface area (Å²) in [5.41, 5.74) is -0.449. The van der Waals surface area contributed by atoms with Gasteiger partial charge in [-0.15, -0.1) is 0 Å². The highest BCUT2D eigenvalue weighted by Gasteiger charge is 2.49. The van der Waals surface area contributed by atoms with Gasteiger partial charge >= 0.3 is 17.9 Å². The standard InChI is InChI=1S/C24H25N3O9S/c1-12(28)34-18-11-33-23(21(36-14(3)30)20(18)35-13(2)29)27-19(15-6-8-16(32-4)9-7-15)17(10-25)22(31)26-24(27)37-5/h6-9,18,20-21,23H,11H2,1-5H3. The maximum atomic E-state index is 12.8. The van der Waals surface area contributed by atoms with Crippen molar-refractivity contribution in [3.63, 3.8) is 0 Å². The summed E-state index contributed by atoms with van der Waals surface area (Å²) in [5.74, 6) is -1.56. The van der Waals surface area contributed by atoms with Crippen molar-refractivity contribution >= 4 is 29.7 Å². The first-order valence-corrected chi connectivity index (χ1v) is 12.2. The minimum atomic E-state index is -1.33. The van der Waals surface area contributed by atoms with Crippen LogP contribution in [0.5, 0.6) is 5.75 Å². The second-order valence-corrected chi connectivity index (χ2v) is 8.63. The Bertz CT molecular complexity index is 1290. The van der Waals surface area contributed by atoms with Crippen molar-refractivity contribution in [3.8, 4) is 23.1 Å². The molecule has 1 saturated heterocycles. The topological polar surface area (TPSA) is 156 Å². The first-order chi connectivity index (χ1) is 17.6. The number of hydrogen-bond donors (Lipinski definition) is 0. The predicted molar refractivity (Wildman–Crippen MR) is 129 cm³/mol. The summed E-state index contributed by atoms with van der Waals surface area (Å²) in [4.78, 5) is 52.6. The molecule has 1 aromatic heterocycles. The van der Waals surface area contributed by atoms with Gasteiger partial charge in [0.25, 0.3) is 5.56 Å². The number of nitrogens with zero attached hydrogens (tertiary/aromatic N) is 3. The van der Waals surface area contributed by atoms with Gasteiger partial charge in [-0.05, 0) is 30.5 Å². The predicted octanol–water partition coefficient (Wildman–Crippen LogP) is 1.84. The van der Waals surface area contributed by atoms with Crippen molar-refractivity contribution in [2.75, 3.05) is 20.0 Å². The lowest BCUT2D eigenvalue weighted by atomic mass is 10.0. The Morgan fingerprint density at radius 3 is 2.16 bits per heavy atom. The Morgan fingerprint density at radius 1 is 1.05 bits per heavy atom. The first-order valence-electron chi connectivity index (χ1n) is 11.0. The maximum Gasteiger partial charge on any atom is 0.303 e. The molecule has 0 spiro atoms. The van der Waals surface area contributed by atoms with Crippen molar-refractivity contribution < 1.29 is 38.1 Å². The molecule has 2 heterocycles. The van der Waals surface area contributed by atoms with Crippen molar-refractivity contribution in [3.05, 3.63) is 40.2 Å². The number of rotatable bonds is 7. The van der Waals surface area contributed by atoms with Crippen molar-refractivity contribution in [2.24, 2.45) is 0 Å². The fraction of sp³-hybridized carbons (Fsp3) is 0.417. The quantitative estimate of drug-likeness (QED) is 0.221. The molecule has 0 aliphatic carbocycles. The van der Waals surface area contributed by atoms with E-state index >= 15 is 0 Å². The number of aromatic nitrogens is 2. The second-order valence-electron chi connectivity index (χ2n) is 7.86. The Hall–Kier alpha value is -3.89. The molecule has 12 nitrogen and oxygen atoms in total. The van der Waals surface area contributed by atoms with Crippen molar-refractivity contribution in [2.45, 2.75) is 50.5 Å². The van der Waals surface area contributed by atoms with Crippen LogP contribution in [0.1, 0.15) is 32.6 Å². The van der Waals surface area contributed by atoms with E-state index in [4.69, 9.17) is 23.7 Å². The third kappa shape index (κ3) is 6.10. The first kappa shape index (κ1) is 27.7. The number of carbonyl (C=O) groups is 3. The number of ether oxygens (including phenoxy) is 5. The van der Waals surface area contributed by atoms with Gasteiger partial charge in [0.1, 0.15) is 17.4 Å². The van der Waals surface area contributed by atoms with E-state index in [0.717, 1.165) is 25.6 Å². The van der Waals surface area contributed by atoms with E-state index in [1.165, 1.54) is 18.6 Å². The van der Waals surface area contributed by atoms with Gasteiger partial charge in [-0.25, -0.2) is 0 Å². The number of benzene rings is 1. The molecular formula is C24H25N3O9S. The van der Waals surface area contributed by atoms with E-state index in [0.29, 0.717) is 11.3 Å². The summed E-state index contributed by atoms with van der Waals surface area (Å²) in [6.07, 6.45) is -3.24. The Kier molecular flexibility index (Phi) is 8.90. The van der Waals surface area contributed by atoms with Crippen LogP contribution in [0.4, 0.5) is 0 Å². The molecule has 37 heavy (non-hydrogen) atoms. The van der Waals surface area contributed by atoms with Crippen molar-refractivity contribution in [1.82, 2.24) is 9.55 Å². The molecule has 2 aromatic rings. The van der Waals surface area contributed by atoms with Crippen LogP contribution in [0.3, 0.4) is 0 Å². The summed E-state index contributed by atoms with van der Waals surface area (Å²) < 4.78 is 28.9. The molecule has 4 atom stereocenters. The van der Waals surface area contributed by atoms with Gasteiger partial charge in [0.15, 0.2) is 29.7 Å². The molecule has 1 aliphatic rings. The second kappa shape index (κ2) is 11.9. The number of thioether (sulfide) groups is 1. The summed E-state index contributed by atoms with van der Waals surface area (Å²) in [6, 6.07) is 8.48. The van der Waals surface area contributed by atoms with Crippen LogP contribution in [0.15, 0.2) is 34.2 Å². The summed E-state index contributed by atoms with van der Waals surface area (Å²) in [5, 5.41) is 10.0. The van der Waals surface area contributed by atoms with E-state index in [2.05, 4.69) is 4.98 Å². The summed E-state index contributed by atoms with van der Waals surface area (Å²) >= 11 is 1.09. The van der Waals surface area contributed by atoms with E-state index in [1.54, 1.807) is 30.5 Å². The van der Waals surface area contributed by atoms with Crippen LogP contribution in [0.25, 0.3) is 11.3 Å². The zero-order valence-electron chi connectivity index (χ0n) is 20.8. The average molecular weight is 532 g/mol. The fourth-order valence-electron chi connectivity index (χ4n) is 3.97. The number of carbonyl (C=O) groups excluding carboxylic acids is 3. The molecule has 196 valence electrons. The van der Waals surface area contributed by atoms with Gasteiger partial charge in [-0.3, -0.25) is 23.7 Å². The lowest BCUT2D eigenvalue weighted by molar-refractivity contribution is -0.240. The van der Waals surface area contributed by atoms with E-state index < -0.39 is 48.0 Å². The molecule has 0 amide bonds. The lowest BCUT2D eigenvalue weighted by Gasteiger charge is -2.42. The zero-order chi connectivity index (χ0) is 27.3. The Labute approximate surface area is 216 Å². The highest BCUT2D eigenvalue weighted by atomic mass is 32.2. The van der Waals surface area contributed by atoms with Crippen LogP contribution in [0, 0.1) is 11.3 Å². The van der Waals surface area contributed by atoms with Crippen molar-refractivity contribution in [1.29, 1.82) is 5.26 Å². The normalized spacial score (nSPS) is 20.9. The molecule has 4 unspecified atom stereocenters. The van der Waals surface area contributed by atoms with Gasteiger partial charge in [0, 0.05) is 26.3 Å². The average Bonchev–Trinajstić information content (AvgIpc) is 2.85. The Morgan fingerprint density at radius 2 is 1.65 bits per heavy atom. The molecule has 1 fully saturated rings. The van der Waals surface area contributed by atoms with Crippen LogP contribution < -0.4 is 10.3 Å². The molecule has 0 N–H and O–H groups in total. The number of esters is 3. The SMILES string of the molecule is COc1ccc(-c2c(C#N)c(=O)nc(SC)n2C2OCC(OC(C)=O)C(OC(C)=O)C2OC(C)=O)cc1. The molecule has 0 saturated carbocycles. The fourth-order valence-corrected chi connectivity index (χ4v) is 4.54. The van der Waals surface area contributed by atoms with E-state index in [9.17, 15) is 24.4 Å². The monoisotopic (exact) mass is 531 g/mol. The Balaban J connectivity index is 2.30. The van der Waals surface area contributed by atoms with Crippen LogP contribution in [-0.2, 0) is 33.3 Å². The summed E-state index contributed by atoms with van der Waals surface area (Å²) in [7, 11) is 1.50. The highest BCUT2D eigenvalue weighted by molar-refractivity contribution is 7.98. The van der Waals surface area contributed by atoms with Crippen LogP contribution >= 0.6 is 11.8 Å². The molecule has 13 heteroatoms.